The Kier molecular flexibility index (Phi) is 4.29. The molecule has 3 nitrogen and oxygen atoms in total. The SMILES string of the molecule is Cc1cccc(C(C)(OCC(C)C)C(=O)O)c1. The monoisotopic (exact) mass is 236 g/mol. The maximum absolute atomic E-state index is 11.4. The average molecular weight is 236 g/mol. The third-order valence-electron chi connectivity index (χ3n) is 2.68. The molecule has 1 N–H and O–H groups in total. The van der Waals surface area contributed by atoms with Gasteiger partial charge in [-0.3, -0.25) is 0 Å². The van der Waals surface area contributed by atoms with Crippen molar-refractivity contribution >= 4 is 5.97 Å². The molecule has 0 saturated carbocycles. The van der Waals surface area contributed by atoms with E-state index < -0.39 is 11.6 Å². The van der Waals surface area contributed by atoms with E-state index in [0.29, 0.717) is 18.1 Å². The van der Waals surface area contributed by atoms with Gasteiger partial charge in [-0.1, -0.05) is 43.7 Å². The van der Waals surface area contributed by atoms with Gasteiger partial charge in [-0.2, -0.15) is 0 Å². The summed E-state index contributed by atoms with van der Waals surface area (Å²) < 4.78 is 5.59. The Morgan fingerprint density at radius 2 is 2.12 bits per heavy atom. The molecule has 0 aromatic heterocycles. The molecular weight excluding hydrogens is 216 g/mol. The quantitative estimate of drug-likeness (QED) is 0.855. The van der Waals surface area contributed by atoms with Gasteiger partial charge in [0.05, 0.1) is 6.61 Å². The second kappa shape index (κ2) is 5.32. The number of hydrogen-bond donors (Lipinski definition) is 1. The number of rotatable bonds is 5. The number of carboxylic acids is 1. The Morgan fingerprint density at radius 1 is 1.47 bits per heavy atom. The summed E-state index contributed by atoms with van der Waals surface area (Å²) in [5, 5.41) is 9.36. The van der Waals surface area contributed by atoms with Crippen LogP contribution in [0.4, 0.5) is 0 Å². The van der Waals surface area contributed by atoms with Gasteiger partial charge in [0.15, 0.2) is 5.60 Å². The summed E-state index contributed by atoms with van der Waals surface area (Å²) in [5.41, 5.74) is 0.449. The molecule has 1 rings (SSSR count). The molecule has 3 heteroatoms. The number of aryl methyl sites for hydroxylation is 1. The van der Waals surface area contributed by atoms with Crippen molar-refractivity contribution in [2.75, 3.05) is 6.61 Å². The third-order valence-corrected chi connectivity index (χ3v) is 2.68. The fourth-order valence-electron chi connectivity index (χ4n) is 1.54. The van der Waals surface area contributed by atoms with Gasteiger partial charge in [-0.25, -0.2) is 4.79 Å². The molecule has 0 aliphatic rings. The molecule has 1 unspecified atom stereocenters. The Hall–Kier alpha value is -1.35. The highest BCUT2D eigenvalue weighted by Gasteiger charge is 2.36. The van der Waals surface area contributed by atoms with Crippen LogP contribution in [-0.4, -0.2) is 17.7 Å². The summed E-state index contributed by atoms with van der Waals surface area (Å²) in [5.74, 6) is -0.651. The lowest BCUT2D eigenvalue weighted by molar-refractivity contribution is -0.166. The lowest BCUT2D eigenvalue weighted by Gasteiger charge is -2.27. The minimum atomic E-state index is -1.27. The van der Waals surface area contributed by atoms with E-state index in [-0.39, 0.29) is 0 Å². The average Bonchev–Trinajstić information content (AvgIpc) is 2.25. The number of carboxylic acid groups (broad SMARTS) is 1. The van der Waals surface area contributed by atoms with Crippen molar-refractivity contribution in [2.24, 2.45) is 5.92 Å². The van der Waals surface area contributed by atoms with E-state index in [1.165, 1.54) is 0 Å². The lowest BCUT2D eigenvalue weighted by Crippen LogP contribution is -2.36. The van der Waals surface area contributed by atoms with Crippen LogP contribution in [0.1, 0.15) is 31.9 Å². The van der Waals surface area contributed by atoms with Crippen molar-refractivity contribution in [3.63, 3.8) is 0 Å². The molecular formula is C14H20O3. The zero-order valence-electron chi connectivity index (χ0n) is 10.9. The molecule has 1 atom stereocenters. The first kappa shape index (κ1) is 13.7. The molecule has 1 aromatic carbocycles. The fraction of sp³-hybridized carbons (Fsp3) is 0.500. The zero-order chi connectivity index (χ0) is 13.1. The van der Waals surface area contributed by atoms with Gasteiger partial charge < -0.3 is 9.84 Å². The molecule has 17 heavy (non-hydrogen) atoms. The van der Waals surface area contributed by atoms with Gasteiger partial charge in [0.2, 0.25) is 0 Å². The van der Waals surface area contributed by atoms with Crippen LogP contribution in [0, 0.1) is 12.8 Å². The van der Waals surface area contributed by atoms with Crippen LogP contribution in [0.15, 0.2) is 24.3 Å². The molecule has 1 aromatic rings. The first-order valence-electron chi connectivity index (χ1n) is 5.80. The molecule has 94 valence electrons. The highest BCUT2D eigenvalue weighted by molar-refractivity contribution is 5.79. The summed E-state index contributed by atoms with van der Waals surface area (Å²) in [4.78, 5) is 11.4. The summed E-state index contributed by atoms with van der Waals surface area (Å²) >= 11 is 0. The van der Waals surface area contributed by atoms with E-state index in [0.717, 1.165) is 5.56 Å². The normalized spacial score (nSPS) is 14.6. The van der Waals surface area contributed by atoms with Crippen LogP contribution >= 0.6 is 0 Å². The summed E-state index contributed by atoms with van der Waals surface area (Å²) in [6, 6.07) is 7.44. The molecule has 0 saturated heterocycles. The van der Waals surface area contributed by atoms with Crippen LogP contribution in [0.25, 0.3) is 0 Å². The maximum Gasteiger partial charge on any atom is 0.340 e. The number of aliphatic carboxylic acids is 1. The molecule has 0 bridgehead atoms. The summed E-state index contributed by atoms with van der Waals surface area (Å²) in [6.07, 6.45) is 0. The fourth-order valence-corrected chi connectivity index (χ4v) is 1.54. The number of carbonyl (C=O) groups is 1. The van der Waals surface area contributed by atoms with E-state index in [1.807, 2.05) is 39.0 Å². The molecule has 0 aliphatic heterocycles. The number of benzene rings is 1. The standard InChI is InChI=1S/C14H20O3/c1-10(2)9-17-14(4,13(15)16)12-7-5-6-11(3)8-12/h5-8,10H,9H2,1-4H3,(H,15,16). The zero-order valence-corrected chi connectivity index (χ0v) is 10.9. The highest BCUT2D eigenvalue weighted by Crippen LogP contribution is 2.27. The highest BCUT2D eigenvalue weighted by atomic mass is 16.5. The van der Waals surface area contributed by atoms with Crippen LogP contribution in [-0.2, 0) is 15.1 Å². The molecule has 0 spiro atoms. The van der Waals surface area contributed by atoms with E-state index in [2.05, 4.69) is 0 Å². The Balaban J connectivity index is 3.03. The second-order valence-corrected chi connectivity index (χ2v) is 4.91. The van der Waals surface area contributed by atoms with Gasteiger partial charge in [-0.05, 0) is 25.3 Å². The summed E-state index contributed by atoms with van der Waals surface area (Å²) in [7, 11) is 0. The third kappa shape index (κ3) is 3.30. The smallest absolute Gasteiger partial charge is 0.340 e. The molecule has 0 radical (unpaired) electrons. The number of hydrogen-bond acceptors (Lipinski definition) is 2. The van der Waals surface area contributed by atoms with Crippen LogP contribution in [0.2, 0.25) is 0 Å². The Morgan fingerprint density at radius 3 is 2.59 bits per heavy atom. The molecule has 0 heterocycles. The van der Waals surface area contributed by atoms with Crippen molar-refractivity contribution in [1.29, 1.82) is 0 Å². The molecule has 0 fully saturated rings. The predicted octanol–water partition coefficient (Wildman–Crippen LogP) is 2.97. The number of ether oxygens (including phenoxy) is 1. The van der Waals surface area contributed by atoms with Gasteiger partial charge in [0.1, 0.15) is 0 Å². The van der Waals surface area contributed by atoms with Crippen LogP contribution < -0.4 is 0 Å². The van der Waals surface area contributed by atoms with Crippen molar-refractivity contribution < 1.29 is 14.6 Å². The molecule has 0 amide bonds. The van der Waals surface area contributed by atoms with Crippen LogP contribution in [0.5, 0.6) is 0 Å². The summed E-state index contributed by atoms with van der Waals surface area (Å²) in [6.45, 7) is 7.97. The van der Waals surface area contributed by atoms with Crippen molar-refractivity contribution in [3.8, 4) is 0 Å². The van der Waals surface area contributed by atoms with Crippen molar-refractivity contribution in [2.45, 2.75) is 33.3 Å². The minimum Gasteiger partial charge on any atom is -0.479 e. The molecule has 0 aliphatic carbocycles. The topological polar surface area (TPSA) is 46.5 Å². The van der Waals surface area contributed by atoms with E-state index >= 15 is 0 Å². The van der Waals surface area contributed by atoms with Crippen molar-refractivity contribution in [1.82, 2.24) is 0 Å². The lowest BCUT2D eigenvalue weighted by atomic mass is 9.94. The maximum atomic E-state index is 11.4. The predicted molar refractivity (Wildman–Crippen MR) is 67.0 cm³/mol. The van der Waals surface area contributed by atoms with Crippen molar-refractivity contribution in [3.05, 3.63) is 35.4 Å². The minimum absolute atomic E-state index is 0.304. The Bertz CT molecular complexity index is 398. The van der Waals surface area contributed by atoms with Gasteiger partial charge in [-0.15, -0.1) is 0 Å². The van der Waals surface area contributed by atoms with E-state index in [4.69, 9.17) is 4.74 Å². The Labute approximate surface area is 102 Å². The first-order valence-corrected chi connectivity index (χ1v) is 5.80. The van der Waals surface area contributed by atoms with E-state index in [9.17, 15) is 9.90 Å². The van der Waals surface area contributed by atoms with Gasteiger partial charge in [0, 0.05) is 0 Å². The largest absolute Gasteiger partial charge is 0.479 e. The van der Waals surface area contributed by atoms with Gasteiger partial charge in [0.25, 0.3) is 0 Å². The second-order valence-electron chi connectivity index (χ2n) is 4.91. The first-order chi connectivity index (χ1) is 7.86. The van der Waals surface area contributed by atoms with Crippen LogP contribution in [0.3, 0.4) is 0 Å². The van der Waals surface area contributed by atoms with Gasteiger partial charge >= 0.3 is 5.97 Å². The van der Waals surface area contributed by atoms with E-state index in [1.54, 1.807) is 13.0 Å².